The van der Waals surface area contributed by atoms with Gasteiger partial charge in [-0.15, -0.1) is 0 Å². The molecule has 2 aromatic carbocycles. The van der Waals surface area contributed by atoms with Crippen molar-refractivity contribution >= 4 is 5.78 Å². The summed E-state index contributed by atoms with van der Waals surface area (Å²) < 4.78 is 0. The number of carbonyl (C=O) groups is 1. The molecule has 0 saturated carbocycles. The first kappa shape index (κ1) is 14.6. The molecule has 21 heavy (non-hydrogen) atoms. The fourth-order valence-corrected chi connectivity index (χ4v) is 2.16. The van der Waals surface area contributed by atoms with Crippen molar-refractivity contribution in [1.82, 2.24) is 0 Å². The topological polar surface area (TPSA) is 17.1 Å². The minimum atomic E-state index is -0.192. The number of ketones is 1. The van der Waals surface area contributed by atoms with Crippen molar-refractivity contribution in [3.05, 3.63) is 70.3 Å². The zero-order valence-corrected chi connectivity index (χ0v) is 12.4. The van der Waals surface area contributed by atoms with Crippen LogP contribution in [0.1, 0.15) is 39.5 Å². The van der Waals surface area contributed by atoms with Gasteiger partial charge in [-0.2, -0.15) is 0 Å². The maximum Gasteiger partial charge on any atom is 0.237 e. The summed E-state index contributed by atoms with van der Waals surface area (Å²) in [7, 11) is 0. The molecule has 1 nitrogen and oxygen atoms in total. The smallest absolute Gasteiger partial charge is 0.237 e. The molecule has 2 aromatic rings. The lowest BCUT2D eigenvalue weighted by molar-refractivity contribution is 0.105. The molecule has 0 spiro atoms. The SMILES string of the molecule is CC#CC(=O)c1ccccc1C#Cc1cc(C)cc(C)c1. The van der Waals surface area contributed by atoms with Crippen molar-refractivity contribution in [2.75, 3.05) is 0 Å². The van der Waals surface area contributed by atoms with Gasteiger partial charge in [0.05, 0.1) is 0 Å². The molecule has 0 amide bonds. The van der Waals surface area contributed by atoms with Gasteiger partial charge in [-0.05, 0) is 62.1 Å². The molecule has 0 radical (unpaired) electrons. The standard InChI is InChI=1S/C20H16O/c1-4-7-20(21)19-9-6-5-8-18(19)11-10-17-13-15(2)12-16(3)14-17/h5-6,8-9,12-14H,1-3H3. The third kappa shape index (κ3) is 3.85. The molecule has 0 aliphatic heterocycles. The number of carbonyl (C=O) groups excluding carboxylic acids is 1. The Balaban J connectivity index is 2.42. The van der Waals surface area contributed by atoms with Gasteiger partial charge in [-0.25, -0.2) is 0 Å². The summed E-state index contributed by atoms with van der Waals surface area (Å²) in [5.74, 6) is 11.2. The average molecular weight is 272 g/mol. The van der Waals surface area contributed by atoms with Crippen LogP contribution in [0.15, 0.2) is 42.5 Å². The van der Waals surface area contributed by atoms with Gasteiger partial charge in [0.1, 0.15) is 0 Å². The van der Waals surface area contributed by atoms with E-state index in [0.717, 1.165) is 5.56 Å². The van der Waals surface area contributed by atoms with Crippen LogP contribution in [0.5, 0.6) is 0 Å². The molecule has 2 rings (SSSR count). The van der Waals surface area contributed by atoms with E-state index in [-0.39, 0.29) is 5.78 Å². The van der Waals surface area contributed by atoms with Gasteiger partial charge < -0.3 is 0 Å². The largest absolute Gasteiger partial charge is 0.279 e. The summed E-state index contributed by atoms with van der Waals surface area (Å²) >= 11 is 0. The maximum atomic E-state index is 11.9. The van der Waals surface area contributed by atoms with Crippen LogP contribution >= 0.6 is 0 Å². The van der Waals surface area contributed by atoms with Crippen molar-refractivity contribution in [2.24, 2.45) is 0 Å². The van der Waals surface area contributed by atoms with Crippen molar-refractivity contribution in [1.29, 1.82) is 0 Å². The van der Waals surface area contributed by atoms with Gasteiger partial charge in [0, 0.05) is 16.7 Å². The number of aryl methyl sites for hydroxylation is 2. The first-order chi connectivity index (χ1) is 10.1. The molecule has 0 saturated heterocycles. The Bertz CT molecular complexity index is 785. The number of rotatable bonds is 1. The van der Waals surface area contributed by atoms with Gasteiger partial charge >= 0.3 is 0 Å². The molecule has 0 aliphatic rings. The predicted octanol–water partition coefficient (Wildman–Crippen LogP) is 3.91. The van der Waals surface area contributed by atoms with E-state index in [1.54, 1.807) is 13.0 Å². The molecule has 0 aromatic heterocycles. The number of hydrogen-bond donors (Lipinski definition) is 0. The minimum absolute atomic E-state index is 0.192. The number of Topliss-reactive ketones (excluding diaryl/α,β-unsaturated/α-hetero) is 1. The summed E-state index contributed by atoms with van der Waals surface area (Å²) in [5, 5.41) is 0. The Kier molecular flexibility index (Phi) is 4.60. The molecule has 1 heteroatoms. The number of benzene rings is 2. The molecule has 0 unspecified atom stereocenters. The number of hydrogen-bond acceptors (Lipinski definition) is 1. The van der Waals surface area contributed by atoms with Crippen molar-refractivity contribution in [3.63, 3.8) is 0 Å². The molecule has 0 aliphatic carbocycles. The van der Waals surface area contributed by atoms with Crippen LogP contribution in [0.3, 0.4) is 0 Å². The molecular weight excluding hydrogens is 256 g/mol. The van der Waals surface area contributed by atoms with Crippen molar-refractivity contribution in [2.45, 2.75) is 20.8 Å². The molecule has 0 bridgehead atoms. The Morgan fingerprint density at radius 2 is 1.62 bits per heavy atom. The second-order valence-corrected chi connectivity index (χ2v) is 4.88. The first-order valence-corrected chi connectivity index (χ1v) is 6.76. The third-order valence-electron chi connectivity index (χ3n) is 2.97. The molecule has 0 fully saturated rings. The van der Waals surface area contributed by atoms with E-state index in [1.807, 2.05) is 44.2 Å². The first-order valence-electron chi connectivity index (χ1n) is 6.76. The predicted molar refractivity (Wildman–Crippen MR) is 86.1 cm³/mol. The highest BCUT2D eigenvalue weighted by atomic mass is 16.1. The lowest BCUT2D eigenvalue weighted by atomic mass is 10.0. The average Bonchev–Trinajstić information content (AvgIpc) is 2.45. The second-order valence-electron chi connectivity index (χ2n) is 4.88. The van der Waals surface area contributed by atoms with E-state index in [0.29, 0.717) is 11.1 Å². The molecule has 0 heterocycles. The van der Waals surface area contributed by atoms with Crippen molar-refractivity contribution < 1.29 is 4.79 Å². The van der Waals surface area contributed by atoms with Crippen LogP contribution in [0.25, 0.3) is 0 Å². The Labute approximate surface area is 126 Å². The fraction of sp³-hybridized carbons (Fsp3) is 0.150. The summed E-state index contributed by atoms with van der Waals surface area (Å²) in [4.78, 5) is 11.9. The van der Waals surface area contributed by atoms with Crippen LogP contribution in [-0.4, -0.2) is 5.78 Å². The van der Waals surface area contributed by atoms with E-state index in [9.17, 15) is 4.79 Å². The van der Waals surface area contributed by atoms with Crippen LogP contribution < -0.4 is 0 Å². The monoisotopic (exact) mass is 272 g/mol. The molecule has 0 atom stereocenters. The van der Waals surface area contributed by atoms with Crippen LogP contribution in [0.4, 0.5) is 0 Å². The summed E-state index contributed by atoms with van der Waals surface area (Å²) in [6, 6.07) is 13.5. The summed E-state index contributed by atoms with van der Waals surface area (Å²) in [6.45, 7) is 5.75. The zero-order chi connectivity index (χ0) is 15.2. The Morgan fingerprint density at radius 1 is 0.952 bits per heavy atom. The van der Waals surface area contributed by atoms with Gasteiger partial charge in [-0.1, -0.05) is 36.0 Å². The molecular formula is C20H16O. The highest BCUT2D eigenvalue weighted by molar-refractivity contribution is 6.10. The second kappa shape index (κ2) is 6.60. The van der Waals surface area contributed by atoms with Crippen LogP contribution in [-0.2, 0) is 0 Å². The quantitative estimate of drug-likeness (QED) is 0.437. The summed E-state index contributed by atoms with van der Waals surface area (Å²) in [5.41, 5.74) is 4.59. The van der Waals surface area contributed by atoms with E-state index in [2.05, 4.69) is 29.7 Å². The van der Waals surface area contributed by atoms with Crippen LogP contribution in [0.2, 0.25) is 0 Å². The van der Waals surface area contributed by atoms with Gasteiger partial charge in [0.25, 0.3) is 0 Å². The highest BCUT2D eigenvalue weighted by Crippen LogP contribution is 2.10. The van der Waals surface area contributed by atoms with E-state index in [4.69, 9.17) is 0 Å². The molecule has 102 valence electrons. The minimum Gasteiger partial charge on any atom is -0.279 e. The van der Waals surface area contributed by atoms with Gasteiger partial charge in [0.15, 0.2) is 0 Å². The third-order valence-corrected chi connectivity index (χ3v) is 2.97. The lowest BCUT2D eigenvalue weighted by Crippen LogP contribution is -1.98. The van der Waals surface area contributed by atoms with Crippen molar-refractivity contribution in [3.8, 4) is 23.7 Å². The van der Waals surface area contributed by atoms with E-state index in [1.165, 1.54) is 11.1 Å². The normalized spacial score (nSPS) is 9.10. The fourth-order valence-electron chi connectivity index (χ4n) is 2.16. The Morgan fingerprint density at radius 3 is 2.29 bits per heavy atom. The maximum absolute atomic E-state index is 11.9. The summed E-state index contributed by atoms with van der Waals surface area (Å²) in [6.07, 6.45) is 0. The Hall–Kier alpha value is -2.77. The van der Waals surface area contributed by atoms with Gasteiger partial charge in [0.2, 0.25) is 5.78 Å². The van der Waals surface area contributed by atoms with E-state index >= 15 is 0 Å². The lowest BCUT2D eigenvalue weighted by Gasteiger charge is -1.99. The molecule has 0 N–H and O–H groups in total. The zero-order valence-electron chi connectivity index (χ0n) is 12.4. The van der Waals surface area contributed by atoms with Gasteiger partial charge in [-0.3, -0.25) is 4.79 Å². The highest BCUT2D eigenvalue weighted by Gasteiger charge is 2.06. The van der Waals surface area contributed by atoms with Crippen LogP contribution in [0, 0.1) is 37.5 Å². The van der Waals surface area contributed by atoms with E-state index < -0.39 is 0 Å².